The van der Waals surface area contributed by atoms with Crippen LogP contribution in [0.3, 0.4) is 0 Å². The average Bonchev–Trinajstić information content (AvgIpc) is 1.89. The van der Waals surface area contributed by atoms with Gasteiger partial charge in [-0.05, 0) is 13.3 Å². The number of alkyl halides is 1. The number of allylic oxidation sites excluding steroid dienone is 3. The minimum absolute atomic E-state index is 0.490. The van der Waals surface area contributed by atoms with E-state index in [1.807, 2.05) is 24.3 Å². The fraction of sp³-hybridized carbons (Fsp3) is 0.500. The first-order valence-corrected chi connectivity index (χ1v) is 3.74. The molecule has 0 amide bonds. The number of halogens is 1. The van der Waals surface area contributed by atoms with E-state index in [4.69, 9.17) is 11.6 Å². The molecule has 0 spiro atoms. The Labute approximate surface area is 66.0 Å². The van der Waals surface area contributed by atoms with Gasteiger partial charge in [-0.2, -0.15) is 0 Å². The van der Waals surface area contributed by atoms with Crippen molar-refractivity contribution in [2.45, 2.75) is 24.3 Å². The summed E-state index contributed by atoms with van der Waals surface area (Å²) in [5.74, 6) is 0. The van der Waals surface area contributed by atoms with Crippen molar-refractivity contribution in [3.8, 4) is 0 Å². The smallest absolute Gasteiger partial charge is 0.0918 e. The summed E-state index contributed by atoms with van der Waals surface area (Å²) in [4.78, 5) is -0.561. The van der Waals surface area contributed by atoms with Crippen LogP contribution < -0.4 is 0 Å². The van der Waals surface area contributed by atoms with E-state index >= 15 is 0 Å². The Morgan fingerprint density at radius 2 is 2.30 bits per heavy atom. The molecule has 1 N–H and O–H groups in total. The first-order chi connectivity index (χ1) is 4.65. The Balaban J connectivity index is 2.70. The lowest BCUT2D eigenvalue weighted by atomic mass is 9.95. The van der Waals surface area contributed by atoms with Crippen molar-refractivity contribution in [1.29, 1.82) is 0 Å². The highest BCUT2D eigenvalue weighted by molar-refractivity contribution is 6.25. The monoisotopic (exact) mass is 158 g/mol. The van der Waals surface area contributed by atoms with Crippen LogP contribution in [-0.4, -0.2) is 16.1 Å². The first kappa shape index (κ1) is 7.83. The molecular weight excluding hydrogens is 148 g/mol. The third-order valence-electron chi connectivity index (χ3n) is 1.75. The second-order valence-corrected chi connectivity index (χ2v) is 3.30. The van der Waals surface area contributed by atoms with Gasteiger partial charge in [0.2, 0.25) is 0 Å². The molecule has 1 unspecified atom stereocenters. The molecule has 1 nitrogen and oxygen atoms in total. The van der Waals surface area contributed by atoms with Crippen molar-refractivity contribution in [1.82, 2.24) is 0 Å². The summed E-state index contributed by atoms with van der Waals surface area (Å²) in [7, 11) is 0. The molecule has 1 rings (SSSR count). The molecular formula is C8H11ClO. The summed E-state index contributed by atoms with van der Waals surface area (Å²) >= 11 is 6.02. The maximum atomic E-state index is 9.22. The van der Waals surface area contributed by atoms with Crippen molar-refractivity contribution in [3.63, 3.8) is 0 Å². The van der Waals surface area contributed by atoms with E-state index in [2.05, 4.69) is 0 Å². The van der Waals surface area contributed by atoms with Crippen molar-refractivity contribution < 1.29 is 5.11 Å². The lowest BCUT2D eigenvalue weighted by molar-refractivity contribution is 0.162. The fourth-order valence-electron chi connectivity index (χ4n) is 0.921. The van der Waals surface area contributed by atoms with Crippen LogP contribution in [0.25, 0.3) is 0 Å². The summed E-state index contributed by atoms with van der Waals surface area (Å²) in [6.45, 7) is 1.70. The van der Waals surface area contributed by atoms with Crippen LogP contribution in [0.1, 0.15) is 13.3 Å². The van der Waals surface area contributed by atoms with Crippen molar-refractivity contribution in [3.05, 3.63) is 24.3 Å². The van der Waals surface area contributed by atoms with E-state index in [9.17, 15) is 5.11 Å². The first-order valence-electron chi connectivity index (χ1n) is 3.36. The molecule has 0 saturated heterocycles. The zero-order valence-corrected chi connectivity index (χ0v) is 6.67. The van der Waals surface area contributed by atoms with Gasteiger partial charge >= 0.3 is 0 Å². The van der Waals surface area contributed by atoms with Crippen LogP contribution in [0.4, 0.5) is 0 Å². The van der Waals surface area contributed by atoms with Gasteiger partial charge in [-0.1, -0.05) is 24.3 Å². The van der Waals surface area contributed by atoms with Crippen LogP contribution in [0.5, 0.6) is 0 Å². The van der Waals surface area contributed by atoms with Gasteiger partial charge < -0.3 is 5.11 Å². The van der Waals surface area contributed by atoms with E-state index in [0.717, 1.165) is 0 Å². The topological polar surface area (TPSA) is 20.2 Å². The maximum Gasteiger partial charge on any atom is 0.0918 e. The minimum Gasteiger partial charge on any atom is -0.391 e. The molecule has 1 aliphatic rings. The van der Waals surface area contributed by atoms with Gasteiger partial charge in [0.1, 0.15) is 0 Å². The van der Waals surface area contributed by atoms with Gasteiger partial charge in [0.15, 0.2) is 0 Å². The third-order valence-corrected chi connectivity index (χ3v) is 2.34. The van der Waals surface area contributed by atoms with Gasteiger partial charge in [-0.15, -0.1) is 11.6 Å². The molecule has 0 aromatic carbocycles. The number of rotatable bonds is 1. The van der Waals surface area contributed by atoms with E-state index < -0.39 is 11.0 Å². The molecule has 0 aromatic heterocycles. The Kier molecular flexibility index (Phi) is 2.17. The van der Waals surface area contributed by atoms with Crippen LogP contribution in [0.2, 0.25) is 0 Å². The van der Waals surface area contributed by atoms with E-state index in [1.54, 1.807) is 6.92 Å². The Morgan fingerprint density at radius 3 is 2.60 bits per heavy atom. The second kappa shape index (κ2) is 2.77. The van der Waals surface area contributed by atoms with Gasteiger partial charge in [0.25, 0.3) is 0 Å². The van der Waals surface area contributed by atoms with Crippen LogP contribution >= 0.6 is 11.6 Å². The molecule has 0 fully saturated rings. The lowest BCUT2D eigenvalue weighted by Crippen LogP contribution is -2.32. The molecule has 10 heavy (non-hydrogen) atoms. The number of hydrogen-bond acceptors (Lipinski definition) is 1. The second-order valence-electron chi connectivity index (χ2n) is 2.59. The van der Waals surface area contributed by atoms with Crippen molar-refractivity contribution in [2.24, 2.45) is 0 Å². The van der Waals surface area contributed by atoms with Gasteiger partial charge in [-0.25, -0.2) is 0 Å². The van der Waals surface area contributed by atoms with E-state index in [1.165, 1.54) is 0 Å². The Morgan fingerprint density at radius 1 is 1.60 bits per heavy atom. The molecule has 0 saturated carbocycles. The molecule has 1 aliphatic carbocycles. The number of hydrogen-bond donors (Lipinski definition) is 1. The number of aliphatic hydroxyl groups excluding tert-OH is 1. The molecule has 0 radical (unpaired) electrons. The minimum atomic E-state index is -0.561. The zero-order valence-electron chi connectivity index (χ0n) is 5.92. The van der Waals surface area contributed by atoms with Gasteiger partial charge in [-0.3, -0.25) is 0 Å². The highest BCUT2D eigenvalue weighted by Crippen LogP contribution is 2.28. The molecule has 0 heterocycles. The maximum absolute atomic E-state index is 9.22. The van der Waals surface area contributed by atoms with Crippen LogP contribution in [0, 0.1) is 0 Å². The fourth-order valence-corrected chi connectivity index (χ4v) is 1.08. The highest BCUT2D eigenvalue weighted by atomic mass is 35.5. The predicted molar refractivity (Wildman–Crippen MR) is 43.2 cm³/mol. The largest absolute Gasteiger partial charge is 0.391 e. The number of aliphatic hydroxyl groups is 1. The SMILES string of the molecule is C[C@H](O)C1(Cl)C=CC=CC1. The van der Waals surface area contributed by atoms with E-state index in [-0.39, 0.29) is 0 Å². The van der Waals surface area contributed by atoms with Crippen molar-refractivity contribution in [2.75, 3.05) is 0 Å². The van der Waals surface area contributed by atoms with E-state index in [0.29, 0.717) is 6.42 Å². The zero-order chi connectivity index (χ0) is 7.61. The lowest BCUT2D eigenvalue weighted by Gasteiger charge is -2.26. The Bertz CT molecular complexity index is 172. The molecule has 2 heteroatoms. The molecule has 56 valence electrons. The predicted octanol–water partition coefficient (Wildman–Crippen LogP) is 1.86. The van der Waals surface area contributed by atoms with Crippen LogP contribution in [-0.2, 0) is 0 Å². The summed E-state index contributed by atoms with van der Waals surface area (Å²) in [5.41, 5.74) is 0. The summed E-state index contributed by atoms with van der Waals surface area (Å²) in [5, 5.41) is 9.22. The average molecular weight is 159 g/mol. The van der Waals surface area contributed by atoms with Crippen LogP contribution in [0.15, 0.2) is 24.3 Å². The normalized spacial score (nSPS) is 34.3. The molecule has 2 atom stereocenters. The quantitative estimate of drug-likeness (QED) is 0.578. The molecule has 0 aromatic rings. The van der Waals surface area contributed by atoms with Crippen molar-refractivity contribution >= 4 is 11.6 Å². The van der Waals surface area contributed by atoms with Gasteiger partial charge in [0.05, 0.1) is 11.0 Å². The Hall–Kier alpha value is -0.270. The highest BCUT2D eigenvalue weighted by Gasteiger charge is 2.29. The summed E-state index contributed by atoms with van der Waals surface area (Å²) < 4.78 is 0. The molecule has 0 aliphatic heterocycles. The summed E-state index contributed by atoms with van der Waals surface area (Å²) in [6.07, 6.45) is 7.81. The molecule has 0 bridgehead atoms. The van der Waals surface area contributed by atoms with Gasteiger partial charge in [0, 0.05) is 0 Å². The standard InChI is InChI=1S/C8H11ClO/c1-7(10)8(9)5-3-2-4-6-8/h2-5,7,10H,6H2,1H3/t7-,8?/m0/s1. The summed E-state index contributed by atoms with van der Waals surface area (Å²) in [6, 6.07) is 0. The third kappa shape index (κ3) is 1.41.